The molecular weight excluding hydrogens is 361 g/mol. The van der Waals surface area contributed by atoms with Gasteiger partial charge in [0.1, 0.15) is 0 Å². The maximum Gasteiger partial charge on any atom is 0.0698 e. The third-order valence-corrected chi connectivity index (χ3v) is 4.45. The smallest absolute Gasteiger partial charge is 0.0698 e. The fourth-order valence-electron chi connectivity index (χ4n) is 2.21. The zero-order valence-corrected chi connectivity index (χ0v) is 14.4. The molecule has 1 aromatic heterocycles. The Morgan fingerprint density at radius 2 is 2.15 bits per heavy atom. The molecule has 0 aliphatic carbocycles. The summed E-state index contributed by atoms with van der Waals surface area (Å²) in [6.07, 6.45) is 2.60. The number of hydrogen-bond acceptors (Lipinski definition) is 2. The van der Waals surface area contributed by atoms with Gasteiger partial charge in [-0.2, -0.15) is 5.10 Å². The van der Waals surface area contributed by atoms with Gasteiger partial charge in [-0.25, -0.2) is 0 Å². The Kier molecular flexibility index (Phi) is 5.49. The van der Waals surface area contributed by atoms with Crippen LogP contribution in [-0.4, -0.2) is 16.8 Å². The molecule has 1 atom stereocenters. The lowest BCUT2D eigenvalue weighted by molar-refractivity contribution is 0.512. The second kappa shape index (κ2) is 6.94. The van der Waals surface area contributed by atoms with Crippen LogP contribution in [0.15, 0.2) is 28.9 Å². The van der Waals surface area contributed by atoms with Gasteiger partial charge in [0.2, 0.25) is 0 Å². The predicted molar refractivity (Wildman–Crippen MR) is 87.6 cm³/mol. The largest absolute Gasteiger partial charge is 0.311 e. The monoisotopic (exact) mass is 375 g/mol. The lowest BCUT2D eigenvalue weighted by atomic mass is 10.0. The molecule has 0 saturated carbocycles. The Bertz CT molecular complexity index is 598. The van der Waals surface area contributed by atoms with Crippen LogP contribution in [0.1, 0.15) is 24.2 Å². The molecule has 0 fully saturated rings. The summed E-state index contributed by atoms with van der Waals surface area (Å²) >= 11 is 15.8. The molecule has 0 aliphatic rings. The van der Waals surface area contributed by atoms with Gasteiger partial charge in [0.25, 0.3) is 0 Å². The third-order valence-electron chi connectivity index (χ3n) is 3.25. The third kappa shape index (κ3) is 3.37. The van der Waals surface area contributed by atoms with Gasteiger partial charge >= 0.3 is 0 Å². The highest BCUT2D eigenvalue weighted by Gasteiger charge is 2.19. The van der Waals surface area contributed by atoms with E-state index in [2.05, 4.69) is 33.3 Å². The van der Waals surface area contributed by atoms with Crippen molar-refractivity contribution in [3.8, 4) is 0 Å². The summed E-state index contributed by atoms with van der Waals surface area (Å²) in [7, 11) is 1.94. The van der Waals surface area contributed by atoms with Crippen molar-refractivity contribution < 1.29 is 0 Å². The van der Waals surface area contributed by atoms with E-state index in [0.29, 0.717) is 10.0 Å². The van der Waals surface area contributed by atoms with Gasteiger partial charge in [-0.15, -0.1) is 0 Å². The average molecular weight is 377 g/mol. The van der Waals surface area contributed by atoms with Gasteiger partial charge in [0, 0.05) is 16.6 Å². The zero-order valence-electron chi connectivity index (χ0n) is 11.3. The lowest BCUT2D eigenvalue weighted by Gasteiger charge is -2.19. The first kappa shape index (κ1) is 15.8. The van der Waals surface area contributed by atoms with Crippen LogP contribution in [0.4, 0.5) is 0 Å². The Morgan fingerprint density at radius 1 is 1.40 bits per heavy atom. The zero-order chi connectivity index (χ0) is 14.7. The molecule has 2 aromatic rings. The molecule has 1 N–H and O–H groups in total. The molecule has 0 aliphatic heterocycles. The van der Waals surface area contributed by atoms with E-state index in [1.54, 1.807) is 6.07 Å². The molecule has 0 bridgehead atoms. The summed E-state index contributed by atoms with van der Waals surface area (Å²) in [5.41, 5.74) is 2.19. The molecule has 2 rings (SSSR count). The van der Waals surface area contributed by atoms with Crippen molar-refractivity contribution in [2.45, 2.75) is 25.9 Å². The van der Waals surface area contributed by atoms with Gasteiger partial charge in [-0.1, -0.05) is 29.3 Å². The minimum atomic E-state index is 0.130. The number of halogens is 3. The number of aryl methyl sites for hydroxylation is 1. The fourth-order valence-corrected chi connectivity index (χ4v) is 3.27. The Morgan fingerprint density at radius 3 is 2.75 bits per heavy atom. The first-order valence-corrected chi connectivity index (χ1v) is 7.94. The first-order chi connectivity index (χ1) is 9.56. The Balaban J connectivity index is 2.31. The highest BCUT2D eigenvalue weighted by molar-refractivity contribution is 9.10. The number of nitrogens with zero attached hydrogens (tertiary/aromatic N) is 2. The summed E-state index contributed by atoms with van der Waals surface area (Å²) in [4.78, 5) is 0. The second-order valence-corrected chi connectivity index (χ2v) is 6.17. The summed E-state index contributed by atoms with van der Waals surface area (Å²) < 4.78 is 2.98. The van der Waals surface area contributed by atoms with E-state index in [9.17, 15) is 0 Å². The number of aromatic nitrogens is 2. The van der Waals surface area contributed by atoms with Crippen LogP contribution in [0.25, 0.3) is 0 Å². The summed E-state index contributed by atoms with van der Waals surface area (Å²) in [6, 6.07) is 5.74. The van der Waals surface area contributed by atoms with E-state index < -0.39 is 0 Å². The molecule has 3 nitrogen and oxygen atoms in total. The average Bonchev–Trinajstić information content (AvgIpc) is 2.79. The molecule has 20 heavy (non-hydrogen) atoms. The molecule has 1 aromatic carbocycles. The molecule has 1 heterocycles. The molecule has 6 heteroatoms. The van der Waals surface area contributed by atoms with Crippen LogP contribution in [0.5, 0.6) is 0 Å². The minimum absolute atomic E-state index is 0.130. The molecule has 0 amide bonds. The van der Waals surface area contributed by atoms with Crippen LogP contribution in [-0.2, 0) is 13.0 Å². The van der Waals surface area contributed by atoms with E-state index in [-0.39, 0.29) is 6.04 Å². The molecular formula is C14H16BrCl2N3. The van der Waals surface area contributed by atoms with Crippen LogP contribution in [0.2, 0.25) is 10.0 Å². The molecule has 0 saturated heterocycles. The summed E-state index contributed by atoms with van der Waals surface area (Å²) in [5, 5.41) is 9.03. The summed E-state index contributed by atoms with van der Waals surface area (Å²) in [5.74, 6) is 0. The van der Waals surface area contributed by atoms with Crippen LogP contribution in [0, 0.1) is 0 Å². The molecule has 1 unspecified atom stereocenters. The second-order valence-electron chi connectivity index (χ2n) is 4.47. The van der Waals surface area contributed by atoms with Gasteiger partial charge in [0.15, 0.2) is 0 Å². The highest BCUT2D eigenvalue weighted by atomic mass is 79.9. The number of rotatable bonds is 5. The first-order valence-electron chi connectivity index (χ1n) is 6.39. The topological polar surface area (TPSA) is 29.9 Å². The normalized spacial score (nSPS) is 12.7. The van der Waals surface area contributed by atoms with Crippen LogP contribution < -0.4 is 5.32 Å². The van der Waals surface area contributed by atoms with E-state index in [1.165, 1.54) is 0 Å². The number of nitrogens with one attached hydrogen (secondary N) is 1. The molecule has 0 spiro atoms. The number of likely N-dealkylation sites (N-methyl/N-ethyl adjacent to an activating group) is 1. The van der Waals surface area contributed by atoms with E-state index in [0.717, 1.165) is 28.7 Å². The predicted octanol–water partition coefficient (Wildman–Crippen LogP) is 4.48. The van der Waals surface area contributed by atoms with Crippen molar-refractivity contribution in [1.82, 2.24) is 15.1 Å². The van der Waals surface area contributed by atoms with Gasteiger partial charge < -0.3 is 5.32 Å². The maximum atomic E-state index is 6.26. The van der Waals surface area contributed by atoms with Crippen molar-refractivity contribution in [3.63, 3.8) is 0 Å². The number of hydrogen-bond donors (Lipinski definition) is 1. The van der Waals surface area contributed by atoms with Crippen LogP contribution >= 0.6 is 39.1 Å². The van der Waals surface area contributed by atoms with Crippen molar-refractivity contribution in [2.24, 2.45) is 0 Å². The van der Waals surface area contributed by atoms with Crippen molar-refractivity contribution >= 4 is 39.1 Å². The molecule has 108 valence electrons. The van der Waals surface area contributed by atoms with Crippen molar-refractivity contribution in [1.29, 1.82) is 0 Å². The Hall–Kier alpha value is -0.550. The number of benzene rings is 1. The maximum absolute atomic E-state index is 6.26. The van der Waals surface area contributed by atoms with Gasteiger partial charge in [-0.3, -0.25) is 4.68 Å². The van der Waals surface area contributed by atoms with E-state index in [1.807, 2.05) is 30.1 Å². The highest BCUT2D eigenvalue weighted by Crippen LogP contribution is 2.29. The fraction of sp³-hybridized carbons (Fsp3) is 0.357. The van der Waals surface area contributed by atoms with Crippen molar-refractivity contribution in [3.05, 3.63) is 50.2 Å². The van der Waals surface area contributed by atoms with E-state index >= 15 is 0 Å². The van der Waals surface area contributed by atoms with E-state index in [4.69, 9.17) is 23.2 Å². The Labute approximate surface area is 137 Å². The van der Waals surface area contributed by atoms with Crippen molar-refractivity contribution in [2.75, 3.05) is 7.05 Å². The quantitative estimate of drug-likeness (QED) is 0.833. The minimum Gasteiger partial charge on any atom is -0.311 e. The molecule has 0 radical (unpaired) electrons. The van der Waals surface area contributed by atoms with Crippen LogP contribution in [0.3, 0.4) is 0 Å². The standard InChI is InChI=1S/C14H16BrCl2N3/c1-3-20-14(11(15)8-19-20)13(18-2)6-9-4-5-10(16)7-12(9)17/h4-5,7-8,13,18H,3,6H2,1-2H3. The van der Waals surface area contributed by atoms with Gasteiger partial charge in [0.05, 0.1) is 22.4 Å². The lowest BCUT2D eigenvalue weighted by Crippen LogP contribution is -2.23. The SMILES string of the molecule is CCn1ncc(Br)c1C(Cc1ccc(Cl)cc1Cl)NC. The summed E-state index contributed by atoms with van der Waals surface area (Å²) in [6.45, 7) is 2.90. The van der Waals surface area contributed by atoms with Gasteiger partial charge in [-0.05, 0) is 54.0 Å².